The number of fused-ring (bicyclic) bond motifs is 1. The van der Waals surface area contributed by atoms with E-state index in [1.54, 1.807) is 6.07 Å². The highest BCUT2D eigenvalue weighted by Gasteiger charge is 2.19. The third kappa shape index (κ3) is 2.31. The molecule has 2 N–H and O–H groups in total. The van der Waals surface area contributed by atoms with E-state index in [9.17, 15) is 19.8 Å². The molecular formula is C18H12O4. The highest BCUT2D eigenvalue weighted by atomic mass is 16.4. The zero-order valence-electron chi connectivity index (χ0n) is 11.5. The van der Waals surface area contributed by atoms with Crippen molar-refractivity contribution in [2.24, 2.45) is 0 Å². The molecule has 0 aromatic heterocycles. The first-order valence-corrected chi connectivity index (χ1v) is 6.66. The molecule has 108 valence electrons. The lowest BCUT2D eigenvalue weighted by Gasteiger charge is -2.11. The van der Waals surface area contributed by atoms with Gasteiger partial charge in [0, 0.05) is 5.56 Å². The van der Waals surface area contributed by atoms with Gasteiger partial charge in [-0.3, -0.25) is 0 Å². The number of hydrogen-bond acceptors (Lipinski definition) is 2. The highest BCUT2D eigenvalue weighted by molar-refractivity contribution is 6.05. The number of hydrogen-bond donors (Lipinski definition) is 2. The molecule has 0 saturated carbocycles. The second kappa shape index (κ2) is 5.33. The molecule has 0 spiro atoms. The summed E-state index contributed by atoms with van der Waals surface area (Å²) in [5.74, 6) is -2.29. The van der Waals surface area contributed by atoms with Crippen molar-refractivity contribution in [3.8, 4) is 11.1 Å². The average molecular weight is 292 g/mol. The summed E-state index contributed by atoms with van der Waals surface area (Å²) >= 11 is 0. The Bertz CT molecular complexity index is 864. The largest absolute Gasteiger partial charge is 0.478 e. The Morgan fingerprint density at radius 1 is 0.682 bits per heavy atom. The molecule has 0 heterocycles. The van der Waals surface area contributed by atoms with Crippen molar-refractivity contribution < 1.29 is 19.8 Å². The molecule has 22 heavy (non-hydrogen) atoms. The van der Waals surface area contributed by atoms with Gasteiger partial charge in [0.05, 0.1) is 11.1 Å². The van der Waals surface area contributed by atoms with Crippen LogP contribution >= 0.6 is 0 Å². The Labute approximate surface area is 126 Å². The first-order valence-electron chi connectivity index (χ1n) is 6.66. The van der Waals surface area contributed by atoms with Crippen LogP contribution in [-0.2, 0) is 0 Å². The molecule has 4 heteroatoms. The summed E-state index contributed by atoms with van der Waals surface area (Å²) in [6.07, 6.45) is 0. The van der Waals surface area contributed by atoms with Gasteiger partial charge in [-0.2, -0.15) is 0 Å². The van der Waals surface area contributed by atoms with Crippen LogP contribution in [-0.4, -0.2) is 22.2 Å². The Kier molecular flexibility index (Phi) is 3.35. The minimum Gasteiger partial charge on any atom is -0.478 e. The molecule has 3 aromatic carbocycles. The first kappa shape index (κ1) is 13.8. The van der Waals surface area contributed by atoms with E-state index in [4.69, 9.17) is 0 Å². The van der Waals surface area contributed by atoms with Gasteiger partial charge in [0.1, 0.15) is 0 Å². The SMILES string of the molecule is O=C(O)c1cccc(C(=O)O)c1-c1ccc2ccccc2c1. The van der Waals surface area contributed by atoms with Crippen molar-refractivity contribution in [1.82, 2.24) is 0 Å². The number of rotatable bonds is 3. The van der Waals surface area contributed by atoms with Crippen LogP contribution in [0.15, 0.2) is 60.7 Å². The van der Waals surface area contributed by atoms with Crippen molar-refractivity contribution in [3.05, 3.63) is 71.8 Å². The molecule has 0 amide bonds. The Morgan fingerprint density at radius 2 is 1.27 bits per heavy atom. The predicted molar refractivity (Wildman–Crippen MR) is 83.3 cm³/mol. The summed E-state index contributed by atoms with van der Waals surface area (Å²) < 4.78 is 0. The number of carbonyl (C=O) groups is 2. The summed E-state index contributed by atoms with van der Waals surface area (Å²) in [4.78, 5) is 22.9. The summed E-state index contributed by atoms with van der Waals surface area (Å²) in [6.45, 7) is 0. The van der Waals surface area contributed by atoms with Gasteiger partial charge in [-0.15, -0.1) is 0 Å². The van der Waals surface area contributed by atoms with Crippen LogP contribution in [0.2, 0.25) is 0 Å². The minimum atomic E-state index is -1.15. The summed E-state index contributed by atoms with van der Waals surface area (Å²) in [6, 6.07) is 17.3. The van der Waals surface area contributed by atoms with E-state index in [1.165, 1.54) is 18.2 Å². The molecule has 0 atom stereocenters. The van der Waals surface area contributed by atoms with Gasteiger partial charge < -0.3 is 10.2 Å². The van der Waals surface area contributed by atoms with Gasteiger partial charge in [-0.1, -0.05) is 42.5 Å². The molecule has 0 saturated heterocycles. The fraction of sp³-hybridized carbons (Fsp3) is 0. The molecule has 0 bridgehead atoms. The molecule has 0 aliphatic carbocycles. The number of carboxylic acid groups (broad SMARTS) is 2. The zero-order valence-corrected chi connectivity index (χ0v) is 11.5. The van der Waals surface area contributed by atoms with Crippen molar-refractivity contribution in [2.75, 3.05) is 0 Å². The van der Waals surface area contributed by atoms with Crippen molar-refractivity contribution in [2.45, 2.75) is 0 Å². The van der Waals surface area contributed by atoms with Crippen LogP contribution in [0.4, 0.5) is 0 Å². The maximum absolute atomic E-state index is 11.4. The lowest BCUT2D eigenvalue weighted by molar-refractivity contribution is 0.0696. The summed E-state index contributed by atoms with van der Waals surface area (Å²) in [7, 11) is 0. The molecule has 0 aliphatic heterocycles. The molecule has 3 aromatic rings. The van der Waals surface area contributed by atoms with Gasteiger partial charge >= 0.3 is 11.9 Å². The van der Waals surface area contributed by atoms with Gasteiger partial charge in [0.15, 0.2) is 0 Å². The third-order valence-corrected chi connectivity index (χ3v) is 3.56. The van der Waals surface area contributed by atoms with Crippen molar-refractivity contribution in [1.29, 1.82) is 0 Å². The lowest BCUT2D eigenvalue weighted by atomic mass is 9.93. The molecule has 0 radical (unpaired) electrons. The van der Waals surface area contributed by atoms with E-state index in [2.05, 4.69) is 0 Å². The quantitative estimate of drug-likeness (QED) is 0.767. The van der Waals surface area contributed by atoms with Crippen LogP contribution in [0.1, 0.15) is 20.7 Å². The van der Waals surface area contributed by atoms with E-state index in [0.29, 0.717) is 5.56 Å². The van der Waals surface area contributed by atoms with Gasteiger partial charge in [-0.05, 0) is 34.5 Å². The Morgan fingerprint density at radius 3 is 1.86 bits per heavy atom. The van der Waals surface area contributed by atoms with E-state index in [0.717, 1.165) is 10.8 Å². The van der Waals surface area contributed by atoms with Crippen LogP contribution in [0.3, 0.4) is 0 Å². The fourth-order valence-corrected chi connectivity index (χ4v) is 2.56. The minimum absolute atomic E-state index is 0.0184. The van der Waals surface area contributed by atoms with Crippen LogP contribution in [0.5, 0.6) is 0 Å². The number of benzene rings is 3. The van der Waals surface area contributed by atoms with Crippen molar-refractivity contribution in [3.63, 3.8) is 0 Å². The number of carboxylic acids is 2. The highest BCUT2D eigenvalue weighted by Crippen LogP contribution is 2.30. The van der Waals surface area contributed by atoms with E-state index in [1.807, 2.05) is 36.4 Å². The third-order valence-electron chi connectivity index (χ3n) is 3.56. The first-order chi connectivity index (χ1) is 10.6. The van der Waals surface area contributed by atoms with Gasteiger partial charge in [0.2, 0.25) is 0 Å². The molecule has 0 aliphatic rings. The summed E-state index contributed by atoms with van der Waals surface area (Å²) in [5.41, 5.74) is 0.771. The number of aromatic carboxylic acids is 2. The normalized spacial score (nSPS) is 10.5. The maximum Gasteiger partial charge on any atom is 0.336 e. The molecule has 4 nitrogen and oxygen atoms in total. The zero-order chi connectivity index (χ0) is 15.7. The smallest absolute Gasteiger partial charge is 0.336 e. The Hall–Kier alpha value is -3.14. The monoisotopic (exact) mass is 292 g/mol. The molecule has 0 fully saturated rings. The topological polar surface area (TPSA) is 74.6 Å². The molecular weight excluding hydrogens is 280 g/mol. The average Bonchev–Trinajstić information content (AvgIpc) is 2.53. The van der Waals surface area contributed by atoms with E-state index >= 15 is 0 Å². The molecule has 3 rings (SSSR count). The standard InChI is InChI=1S/C18H12O4/c19-17(20)14-6-3-7-15(18(21)22)16(14)13-9-8-11-4-1-2-5-12(11)10-13/h1-10H,(H,19,20)(H,21,22). The Balaban J connectivity index is 2.33. The predicted octanol–water partition coefficient (Wildman–Crippen LogP) is 3.90. The van der Waals surface area contributed by atoms with Crippen LogP contribution in [0.25, 0.3) is 21.9 Å². The maximum atomic E-state index is 11.4. The summed E-state index contributed by atoms with van der Waals surface area (Å²) in [5, 5.41) is 20.6. The molecule has 0 unspecified atom stereocenters. The van der Waals surface area contributed by atoms with Gasteiger partial charge in [0.25, 0.3) is 0 Å². The van der Waals surface area contributed by atoms with Crippen LogP contribution in [0, 0.1) is 0 Å². The van der Waals surface area contributed by atoms with E-state index in [-0.39, 0.29) is 16.7 Å². The fourth-order valence-electron chi connectivity index (χ4n) is 2.56. The second-order valence-electron chi connectivity index (χ2n) is 4.90. The lowest BCUT2D eigenvalue weighted by Crippen LogP contribution is -2.06. The second-order valence-corrected chi connectivity index (χ2v) is 4.90. The van der Waals surface area contributed by atoms with Crippen molar-refractivity contribution >= 4 is 22.7 Å². The van der Waals surface area contributed by atoms with Gasteiger partial charge in [-0.25, -0.2) is 9.59 Å². The van der Waals surface area contributed by atoms with Crippen LogP contribution < -0.4 is 0 Å². The van der Waals surface area contributed by atoms with E-state index < -0.39 is 11.9 Å².